The second-order valence-electron chi connectivity index (χ2n) is 5.80. The second kappa shape index (κ2) is 4.81. The summed E-state index contributed by atoms with van der Waals surface area (Å²) < 4.78 is 0. The Morgan fingerprint density at radius 3 is 2.50 bits per heavy atom. The average molecular weight is 245 g/mol. The lowest BCUT2D eigenvalue weighted by Gasteiger charge is -2.47. The summed E-state index contributed by atoms with van der Waals surface area (Å²) >= 11 is 0. The second-order valence-corrected chi connectivity index (χ2v) is 5.80. The number of para-hydroxylation sites is 2. The van der Waals surface area contributed by atoms with Crippen LogP contribution in [-0.2, 0) is 0 Å². The Bertz CT molecular complexity index is 404. The summed E-state index contributed by atoms with van der Waals surface area (Å²) in [6.45, 7) is 0. The van der Waals surface area contributed by atoms with Gasteiger partial charge >= 0.3 is 0 Å². The van der Waals surface area contributed by atoms with Crippen LogP contribution in [0.15, 0.2) is 24.3 Å². The van der Waals surface area contributed by atoms with Crippen molar-refractivity contribution in [3.8, 4) is 0 Å². The van der Waals surface area contributed by atoms with Gasteiger partial charge < -0.3 is 16.0 Å². The Balaban J connectivity index is 1.70. The molecule has 2 unspecified atom stereocenters. The largest absolute Gasteiger partial charge is 0.397 e. The lowest BCUT2D eigenvalue weighted by atomic mass is 9.82. The van der Waals surface area contributed by atoms with E-state index in [2.05, 4.69) is 29.4 Å². The number of nitrogen functional groups attached to an aromatic ring is 1. The summed E-state index contributed by atoms with van der Waals surface area (Å²) in [6.07, 6.45) is 6.62. The zero-order valence-electron chi connectivity index (χ0n) is 11.1. The van der Waals surface area contributed by atoms with Crippen LogP contribution in [0, 0.1) is 0 Å². The van der Waals surface area contributed by atoms with Gasteiger partial charge in [0.1, 0.15) is 0 Å². The van der Waals surface area contributed by atoms with Crippen molar-refractivity contribution in [3.05, 3.63) is 24.3 Å². The highest BCUT2D eigenvalue weighted by atomic mass is 15.2. The number of rotatable bonds is 2. The molecule has 3 heteroatoms. The van der Waals surface area contributed by atoms with Crippen LogP contribution in [0.4, 0.5) is 11.4 Å². The number of nitrogens with two attached hydrogens (primary N) is 1. The first kappa shape index (κ1) is 11.8. The Morgan fingerprint density at radius 2 is 1.83 bits per heavy atom. The van der Waals surface area contributed by atoms with Crippen molar-refractivity contribution in [2.24, 2.45) is 0 Å². The fourth-order valence-electron chi connectivity index (χ4n) is 3.58. The molecule has 3 rings (SSSR count). The smallest absolute Gasteiger partial charge is 0.0576 e. The monoisotopic (exact) mass is 245 g/mol. The van der Waals surface area contributed by atoms with Gasteiger partial charge in [-0.1, -0.05) is 18.6 Å². The van der Waals surface area contributed by atoms with Crippen molar-refractivity contribution in [1.82, 2.24) is 4.90 Å². The van der Waals surface area contributed by atoms with Gasteiger partial charge in [0.2, 0.25) is 0 Å². The molecule has 3 N–H and O–H groups in total. The fourth-order valence-corrected chi connectivity index (χ4v) is 3.58. The number of nitrogens with one attached hydrogen (secondary N) is 1. The molecule has 2 saturated heterocycles. The van der Waals surface area contributed by atoms with Crippen LogP contribution in [0.25, 0.3) is 0 Å². The first-order chi connectivity index (χ1) is 8.74. The lowest BCUT2D eigenvalue weighted by molar-refractivity contribution is 0.0608. The van der Waals surface area contributed by atoms with E-state index in [9.17, 15) is 0 Å². The maximum absolute atomic E-state index is 6.01. The molecule has 0 aromatic heterocycles. The van der Waals surface area contributed by atoms with Gasteiger partial charge in [-0.25, -0.2) is 0 Å². The van der Waals surface area contributed by atoms with E-state index in [1.165, 1.54) is 32.1 Å². The lowest BCUT2D eigenvalue weighted by Crippen LogP contribution is -2.52. The maximum Gasteiger partial charge on any atom is 0.0576 e. The number of fused-ring (bicyclic) bond motifs is 2. The molecule has 0 aliphatic carbocycles. The molecule has 98 valence electrons. The Morgan fingerprint density at radius 1 is 1.17 bits per heavy atom. The molecule has 2 aliphatic rings. The van der Waals surface area contributed by atoms with Crippen molar-refractivity contribution in [2.75, 3.05) is 18.1 Å². The summed E-state index contributed by atoms with van der Waals surface area (Å²) in [5, 5.41) is 3.65. The molecule has 2 heterocycles. The third-order valence-electron chi connectivity index (χ3n) is 4.66. The van der Waals surface area contributed by atoms with Crippen LogP contribution in [0.3, 0.4) is 0 Å². The molecule has 2 aliphatic heterocycles. The van der Waals surface area contributed by atoms with Crippen LogP contribution >= 0.6 is 0 Å². The number of anilines is 2. The van der Waals surface area contributed by atoms with Gasteiger partial charge in [0, 0.05) is 18.1 Å². The van der Waals surface area contributed by atoms with Gasteiger partial charge in [0.05, 0.1) is 11.4 Å². The summed E-state index contributed by atoms with van der Waals surface area (Å²) in [5.41, 5.74) is 7.97. The van der Waals surface area contributed by atoms with E-state index >= 15 is 0 Å². The minimum Gasteiger partial charge on any atom is -0.397 e. The van der Waals surface area contributed by atoms with Crippen LogP contribution in [0.1, 0.15) is 32.1 Å². The van der Waals surface area contributed by atoms with Crippen LogP contribution in [-0.4, -0.2) is 30.1 Å². The molecule has 0 spiro atoms. The maximum atomic E-state index is 6.01. The molecule has 1 aromatic carbocycles. The molecule has 0 saturated carbocycles. The summed E-state index contributed by atoms with van der Waals surface area (Å²) in [4.78, 5) is 2.59. The predicted molar refractivity (Wildman–Crippen MR) is 76.7 cm³/mol. The highest BCUT2D eigenvalue weighted by Gasteiger charge is 2.35. The van der Waals surface area contributed by atoms with Gasteiger partial charge in [-0.05, 0) is 44.9 Å². The van der Waals surface area contributed by atoms with Crippen molar-refractivity contribution >= 4 is 11.4 Å². The Kier molecular flexibility index (Phi) is 3.16. The molecule has 2 atom stereocenters. The third-order valence-corrected chi connectivity index (χ3v) is 4.66. The van der Waals surface area contributed by atoms with Crippen LogP contribution < -0.4 is 11.1 Å². The molecule has 18 heavy (non-hydrogen) atoms. The van der Waals surface area contributed by atoms with Gasteiger partial charge in [-0.2, -0.15) is 0 Å². The number of piperidine rings is 2. The molecule has 0 radical (unpaired) electrons. The zero-order chi connectivity index (χ0) is 12.5. The van der Waals surface area contributed by atoms with Gasteiger partial charge in [0.25, 0.3) is 0 Å². The van der Waals surface area contributed by atoms with Crippen LogP contribution in [0.2, 0.25) is 0 Å². The fraction of sp³-hybridized carbons (Fsp3) is 0.600. The van der Waals surface area contributed by atoms with E-state index in [4.69, 9.17) is 5.73 Å². The molecule has 1 aromatic rings. The summed E-state index contributed by atoms with van der Waals surface area (Å²) in [5.74, 6) is 0. The van der Waals surface area contributed by atoms with Gasteiger partial charge in [-0.15, -0.1) is 0 Å². The number of hydrogen-bond acceptors (Lipinski definition) is 3. The van der Waals surface area contributed by atoms with E-state index in [0.717, 1.165) is 23.5 Å². The van der Waals surface area contributed by atoms with Crippen molar-refractivity contribution in [2.45, 2.75) is 50.2 Å². The highest BCUT2D eigenvalue weighted by Crippen LogP contribution is 2.34. The molecular weight excluding hydrogens is 222 g/mol. The van der Waals surface area contributed by atoms with Crippen LogP contribution in [0.5, 0.6) is 0 Å². The minimum absolute atomic E-state index is 0.584. The van der Waals surface area contributed by atoms with E-state index in [1.54, 1.807) is 0 Å². The molecule has 0 amide bonds. The number of nitrogens with zero attached hydrogens (tertiary/aromatic N) is 1. The quantitative estimate of drug-likeness (QED) is 0.787. The van der Waals surface area contributed by atoms with Gasteiger partial charge in [-0.3, -0.25) is 0 Å². The zero-order valence-corrected chi connectivity index (χ0v) is 11.1. The average Bonchev–Trinajstić information content (AvgIpc) is 2.33. The van der Waals surface area contributed by atoms with Crippen molar-refractivity contribution in [3.63, 3.8) is 0 Å². The van der Waals surface area contributed by atoms with Crippen molar-refractivity contribution in [1.29, 1.82) is 0 Å². The first-order valence-corrected chi connectivity index (χ1v) is 7.07. The molecule has 2 fully saturated rings. The highest BCUT2D eigenvalue weighted by molar-refractivity contribution is 5.66. The normalized spacial score (nSPS) is 32.2. The van der Waals surface area contributed by atoms with E-state index in [1.807, 2.05) is 12.1 Å². The summed E-state index contributed by atoms with van der Waals surface area (Å²) in [6, 6.07) is 10.2. The van der Waals surface area contributed by atoms with Crippen molar-refractivity contribution < 1.29 is 0 Å². The topological polar surface area (TPSA) is 41.3 Å². The Labute approximate surface area is 109 Å². The number of benzene rings is 1. The van der Waals surface area contributed by atoms with Gasteiger partial charge in [0.15, 0.2) is 0 Å². The molecule has 3 nitrogen and oxygen atoms in total. The molecule has 2 bridgehead atoms. The standard InChI is InChI=1S/C15H23N3/c1-18-12-5-4-6-13(18)10-11(9-12)17-15-8-3-2-7-14(15)16/h2-3,7-8,11-13,17H,4-6,9-10,16H2,1H3. The number of hydrogen-bond donors (Lipinski definition) is 2. The predicted octanol–water partition coefficient (Wildman–Crippen LogP) is 2.70. The molecular formula is C15H23N3. The SMILES string of the molecule is CN1C2CCCC1CC(Nc1ccccc1N)C2. The van der Waals surface area contributed by atoms with E-state index < -0.39 is 0 Å². The summed E-state index contributed by atoms with van der Waals surface area (Å²) in [7, 11) is 2.29. The van der Waals surface area contributed by atoms with E-state index in [-0.39, 0.29) is 0 Å². The first-order valence-electron chi connectivity index (χ1n) is 7.07. The minimum atomic E-state index is 0.584. The third kappa shape index (κ3) is 2.19. The Hall–Kier alpha value is -1.22. The van der Waals surface area contributed by atoms with E-state index in [0.29, 0.717) is 6.04 Å².